The Morgan fingerprint density at radius 3 is 1.87 bits per heavy atom. The van der Waals surface area contributed by atoms with Crippen LogP contribution in [0.15, 0.2) is 152 Å². The van der Waals surface area contributed by atoms with Crippen molar-refractivity contribution in [2.75, 3.05) is 0 Å². The Labute approximate surface area is 304 Å². The standard InChI is InChI=1S/C48H31N5/c1-48(2)36-19-9-6-15-30(36)31-24-23-29(27-37(31)48)46-49-45(28-13-4-3-5-14-28)50-47(51-46)53-40-22-12-18-34-32-16-7-10-20-38(32)52-39-21-11-8-17-33(39)35-25-26-41(53)43(42(34)40)44(35)52/h3-27H,1-2H3. The highest BCUT2D eigenvalue weighted by atomic mass is 15.2. The lowest BCUT2D eigenvalue weighted by Crippen LogP contribution is -2.15. The Bertz CT molecular complexity index is 3310. The molecular formula is C48H31N5. The van der Waals surface area contributed by atoms with Crippen LogP contribution in [0.5, 0.6) is 0 Å². The molecule has 0 bridgehead atoms. The first-order valence-corrected chi connectivity index (χ1v) is 18.2. The summed E-state index contributed by atoms with van der Waals surface area (Å²) in [4.78, 5) is 15.8. The van der Waals surface area contributed by atoms with E-state index in [4.69, 9.17) is 15.0 Å². The summed E-state index contributed by atoms with van der Waals surface area (Å²) in [6, 6.07) is 54.5. The zero-order valence-corrected chi connectivity index (χ0v) is 29.2. The summed E-state index contributed by atoms with van der Waals surface area (Å²) < 4.78 is 4.72. The molecule has 1 aliphatic carbocycles. The first-order chi connectivity index (χ1) is 26.1. The van der Waals surface area contributed by atoms with Gasteiger partial charge in [0, 0.05) is 43.5 Å². The zero-order valence-electron chi connectivity index (χ0n) is 29.2. The zero-order chi connectivity index (χ0) is 35.0. The second kappa shape index (κ2) is 10.1. The number of para-hydroxylation sites is 2. The van der Waals surface area contributed by atoms with Crippen molar-refractivity contribution in [3.63, 3.8) is 0 Å². The molecule has 0 saturated carbocycles. The SMILES string of the molecule is CC1(C)c2ccccc2-c2ccc(-c3nc(-c4ccccc4)nc(-n4c5cccc6c7ccccc7n7c8ccccc8c8ccc4c(c65)c87)n3)cc21. The third kappa shape index (κ3) is 3.73. The van der Waals surface area contributed by atoms with Crippen LogP contribution >= 0.6 is 0 Å². The van der Waals surface area contributed by atoms with Crippen LogP contribution in [-0.4, -0.2) is 23.9 Å². The van der Waals surface area contributed by atoms with Gasteiger partial charge in [-0.1, -0.05) is 135 Å². The fourth-order valence-electron chi connectivity index (χ4n) is 9.34. The smallest absolute Gasteiger partial charge is 0.238 e. The van der Waals surface area contributed by atoms with Gasteiger partial charge < -0.3 is 4.40 Å². The van der Waals surface area contributed by atoms with Gasteiger partial charge in [0.2, 0.25) is 5.95 Å². The summed E-state index contributed by atoms with van der Waals surface area (Å²) in [7, 11) is 0. The lowest BCUT2D eigenvalue weighted by Gasteiger charge is -2.21. The Morgan fingerprint density at radius 1 is 0.434 bits per heavy atom. The van der Waals surface area contributed by atoms with Crippen molar-refractivity contribution in [2.45, 2.75) is 19.3 Å². The van der Waals surface area contributed by atoms with Gasteiger partial charge in [-0.05, 0) is 58.0 Å². The van der Waals surface area contributed by atoms with Gasteiger partial charge in [-0.3, -0.25) is 4.57 Å². The maximum absolute atomic E-state index is 5.37. The maximum Gasteiger partial charge on any atom is 0.238 e. The molecule has 0 radical (unpaired) electrons. The van der Waals surface area contributed by atoms with Crippen molar-refractivity contribution in [3.05, 3.63) is 163 Å². The van der Waals surface area contributed by atoms with Gasteiger partial charge in [0.1, 0.15) is 0 Å². The van der Waals surface area contributed by atoms with E-state index < -0.39 is 0 Å². The van der Waals surface area contributed by atoms with Crippen LogP contribution in [0.2, 0.25) is 0 Å². The summed E-state index contributed by atoms with van der Waals surface area (Å²) in [6.45, 7) is 4.63. The molecule has 0 fully saturated rings. The molecule has 4 heterocycles. The van der Waals surface area contributed by atoms with Gasteiger partial charge >= 0.3 is 0 Å². The fourth-order valence-corrected chi connectivity index (χ4v) is 9.34. The van der Waals surface area contributed by atoms with E-state index in [2.05, 4.69) is 156 Å². The van der Waals surface area contributed by atoms with Crippen molar-refractivity contribution < 1.29 is 0 Å². The fraction of sp³-hybridized carbons (Fsp3) is 0.0625. The average Bonchev–Trinajstić information content (AvgIpc) is 3.77. The molecule has 4 aromatic heterocycles. The molecule has 0 atom stereocenters. The third-order valence-corrected chi connectivity index (χ3v) is 11.7. The molecule has 0 spiro atoms. The maximum atomic E-state index is 5.37. The van der Waals surface area contributed by atoms with Gasteiger partial charge in [-0.15, -0.1) is 0 Å². The Balaban J connectivity index is 1.20. The molecule has 0 saturated heterocycles. The molecule has 53 heavy (non-hydrogen) atoms. The molecule has 248 valence electrons. The molecular weight excluding hydrogens is 647 g/mol. The number of rotatable bonds is 3. The highest BCUT2D eigenvalue weighted by molar-refractivity contribution is 6.33. The first-order valence-electron chi connectivity index (χ1n) is 18.2. The normalized spacial score (nSPS) is 13.6. The molecule has 0 aliphatic heterocycles. The summed E-state index contributed by atoms with van der Waals surface area (Å²) in [6.07, 6.45) is 0. The predicted molar refractivity (Wildman–Crippen MR) is 217 cm³/mol. The van der Waals surface area contributed by atoms with Crippen LogP contribution in [0, 0.1) is 0 Å². The number of nitrogens with zero attached hydrogens (tertiary/aromatic N) is 5. The van der Waals surface area contributed by atoms with Crippen LogP contribution in [0.25, 0.3) is 99.8 Å². The van der Waals surface area contributed by atoms with Crippen LogP contribution in [0.1, 0.15) is 25.0 Å². The quantitative estimate of drug-likeness (QED) is 0.187. The second-order valence-electron chi connectivity index (χ2n) is 14.8. The lowest BCUT2D eigenvalue weighted by molar-refractivity contribution is 0.660. The van der Waals surface area contributed by atoms with E-state index in [0.29, 0.717) is 17.6 Å². The van der Waals surface area contributed by atoms with Crippen LogP contribution in [0.3, 0.4) is 0 Å². The molecule has 0 amide bonds. The molecule has 5 heteroatoms. The average molecular weight is 678 g/mol. The van der Waals surface area contributed by atoms with Crippen molar-refractivity contribution >= 4 is 59.9 Å². The minimum atomic E-state index is -0.142. The number of hydrogen-bond acceptors (Lipinski definition) is 3. The van der Waals surface area contributed by atoms with Gasteiger partial charge in [0.25, 0.3) is 0 Å². The van der Waals surface area contributed by atoms with E-state index in [1.807, 2.05) is 18.2 Å². The number of fused-ring (bicyclic) bond motifs is 9. The molecule has 0 N–H and O–H groups in total. The Hall–Kier alpha value is -6.85. The summed E-state index contributed by atoms with van der Waals surface area (Å²) in [5, 5.41) is 7.32. The molecule has 5 nitrogen and oxygen atoms in total. The van der Waals surface area contributed by atoms with Gasteiger partial charge in [-0.2, -0.15) is 9.97 Å². The van der Waals surface area contributed by atoms with Gasteiger partial charge in [-0.25, -0.2) is 4.98 Å². The topological polar surface area (TPSA) is 48.0 Å². The van der Waals surface area contributed by atoms with Crippen molar-refractivity contribution in [1.29, 1.82) is 0 Å². The highest BCUT2D eigenvalue weighted by Gasteiger charge is 2.35. The van der Waals surface area contributed by atoms with E-state index in [0.717, 1.165) is 22.2 Å². The first kappa shape index (κ1) is 28.8. The molecule has 1 aliphatic rings. The van der Waals surface area contributed by atoms with Gasteiger partial charge in [0.15, 0.2) is 11.6 Å². The van der Waals surface area contributed by atoms with Crippen molar-refractivity contribution in [2.24, 2.45) is 0 Å². The predicted octanol–water partition coefficient (Wildman–Crippen LogP) is 11.8. The van der Waals surface area contributed by atoms with E-state index in [1.54, 1.807) is 0 Å². The Morgan fingerprint density at radius 2 is 1.06 bits per heavy atom. The minimum absolute atomic E-state index is 0.142. The van der Waals surface area contributed by atoms with E-state index in [1.165, 1.54) is 71.1 Å². The number of hydrogen-bond donors (Lipinski definition) is 0. The third-order valence-electron chi connectivity index (χ3n) is 11.7. The van der Waals surface area contributed by atoms with Crippen molar-refractivity contribution in [1.82, 2.24) is 23.9 Å². The largest absolute Gasteiger partial charge is 0.308 e. The number of aromatic nitrogens is 5. The second-order valence-corrected chi connectivity index (χ2v) is 14.8. The van der Waals surface area contributed by atoms with E-state index in [9.17, 15) is 0 Å². The minimum Gasteiger partial charge on any atom is -0.308 e. The van der Waals surface area contributed by atoms with Crippen LogP contribution in [0.4, 0.5) is 0 Å². The van der Waals surface area contributed by atoms with Gasteiger partial charge in [0.05, 0.1) is 27.6 Å². The molecule has 7 aromatic carbocycles. The molecule has 12 rings (SSSR count). The van der Waals surface area contributed by atoms with Crippen molar-refractivity contribution in [3.8, 4) is 39.9 Å². The summed E-state index contributed by atoms with van der Waals surface area (Å²) in [5.74, 6) is 1.90. The summed E-state index contributed by atoms with van der Waals surface area (Å²) >= 11 is 0. The van der Waals surface area contributed by atoms with Crippen LogP contribution in [-0.2, 0) is 5.41 Å². The lowest BCUT2D eigenvalue weighted by atomic mass is 9.82. The van der Waals surface area contributed by atoms with Crippen LogP contribution < -0.4 is 0 Å². The monoisotopic (exact) mass is 677 g/mol. The Kier molecular flexibility index (Phi) is 5.51. The van der Waals surface area contributed by atoms with E-state index in [-0.39, 0.29) is 5.41 Å². The summed E-state index contributed by atoms with van der Waals surface area (Å²) in [5.41, 5.74) is 12.7. The molecule has 11 aromatic rings. The highest BCUT2D eigenvalue weighted by Crippen LogP contribution is 2.50. The number of benzene rings is 7. The van der Waals surface area contributed by atoms with E-state index >= 15 is 0 Å². The molecule has 0 unspecified atom stereocenters.